The topological polar surface area (TPSA) is 52.0 Å². The Kier molecular flexibility index (Phi) is 4.57. The molecule has 136 valence electrons. The average molecular weight is 384 g/mol. The highest BCUT2D eigenvalue weighted by molar-refractivity contribution is 7.90. The molecule has 0 unspecified atom stereocenters. The Hall–Kier alpha value is -2.68. The van der Waals surface area contributed by atoms with Crippen molar-refractivity contribution >= 4 is 9.84 Å². The third kappa shape index (κ3) is 3.48. The summed E-state index contributed by atoms with van der Waals surface area (Å²) in [6, 6.07) is 9.39. The first-order valence-electron chi connectivity index (χ1n) is 7.31. The molecule has 0 spiro atoms. The van der Waals surface area contributed by atoms with Crippen LogP contribution in [0.3, 0.4) is 0 Å². The zero-order valence-electron chi connectivity index (χ0n) is 13.3. The van der Waals surface area contributed by atoms with Crippen LogP contribution < -0.4 is 0 Å². The Balaban J connectivity index is 2.20. The number of hydrogen-bond acceptors (Lipinski definition) is 3. The number of rotatable bonds is 4. The van der Waals surface area contributed by atoms with Gasteiger partial charge in [0.05, 0.1) is 11.4 Å². The van der Waals surface area contributed by atoms with Crippen LogP contribution in [0, 0.1) is 11.6 Å². The molecule has 3 rings (SSSR count). The van der Waals surface area contributed by atoms with E-state index >= 15 is 0 Å². The minimum Gasteiger partial charge on any atom is -0.233 e. The summed E-state index contributed by atoms with van der Waals surface area (Å²) in [6.07, 6.45) is -2.03. The van der Waals surface area contributed by atoms with E-state index in [1.807, 2.05) is 0 Å². The molecule has 0 amide bonds. The van der Waals surface area contributed by atoms with Crippen molar-refractivity contribution in [2.24, 2.45) is 0 Å². The van der Waals surface area contributed by atoms with Crippen molar-refractivity contribution < 1.29 is 26.0 Å². The first kappa shape index (κ1) is 18.1. The van der Waals surface area contributed by atoms with Gasteiger partial charge in [0.15, 0.2) is 9.84 Å². The number of benzene rings is 2. The molecule has 4 nitrogen and oxygen atoms in total. The molecule has 3 aromatic rings. The quantitative estimate of drug-likeness (QED) is 0.635. The lowest BCUT2D eigenvalue weighted by molar-refractivity contribution is 0.145. The fraction of sp³-hybridized carbons (Fsp3) is 0.118. The highest BCUT2D eigenvalue weighted by Crippen LogP contribution is 2.30. The Bertz CT molecular complexity index is 1080. The molecule has 9 heteroatoms. The molecule has 0 fully saturated rings. The molecule has 0 saturated carbocycles. The number of hydrogen-bond donors (Lipinski definition) is 0. The summed E-state index contributed by atoms with van der Waals surface area (Å²) in [5.74, 6) is -1.61. The Morgan fingerprint density at radius 1 is 1.04 bits per heavy atom. The number of aromatic nitrogens is 2. The maximum Gasteiger partial charge on any atom is 0.282 e. The Labute approximate surface area is 146 Å². The molecule has 0 aliphatic rings. The van der Waals surface area contributed by atoms with Gasteiger partial charge in [0.25, 0.3) is 6.43 Å². The van der Waals surface area contributed by atoms with Crippen LogP contribution in [0.1, 0.15) is 12.1 Å². The first-order chi connectivity index (χ1) is 12.2. The summed E-state index contributed by atoms with van der Waals surface area (Å²) >= 11 is 0. The minimum absolute atomic E-state index is 0.0739. The SMILES string of the molecule is CS(=O)(=O)c1ccc(-c2cc(C(F)F)nn2-c2cccc(F)c2)cc1F. The molecule has 0 radical (unpaired) electrons. The van der Waals surface area contributed by atoms with Gasteiger partial charge in [0.2, 0.25) is 0 Å². The van der Waals surface area contributed by atoms with Gasteiger partial charge in [0, 0.05) is 11.8 Å². The molecular weight excluding hydrogens is 372 g/mol. The molecule has 0 atom stereocenters. The second-order valence-electron chi connectivity index (χ2n) is 5.56. The zero-order valence-corrected chi connectivity index (χ0v) is 14.1. The smallest absolute Gasteiger partial charge is 0.233 e. The lowest BCUT2D eigenvalue weighted by Crippen LogP contribution is -2.03. The molecule has 2 aromatic carbocycles. The molecule has 1 heterocycles. The zero-order chi connectivity index (χ0) is 19.1. The van der Waals surface area contributed by atoms with Crippen LogP contribution in [0.2, 0.25) is 0 Å². The van der Waals surface area contributed by atoms with Gasteiger partial charge in [-0.1, -0.05) is 12.1 Å². The summed E-state index contributed by atoms with van der Waals surface area (Å²) in [5.41, 5.74) is -0.209. The molecule has 26 heavy (non-hydrogen) atoms. The van der Waals surface area contributed by atoms with Gasteiger partial charge < -0.3 is 0 Å². The van der Waals surface area contributed by atoms with Gasteiger partial charge in [0.1, 0.15) is 22.2 Å². The Morgan fingerprint density at radius 3 is 2.35 bits per heavy atom. The summed E-state index contributed by atoms with van der Waals surface area (Å²) < 4.78 is 77.9. The van der Waals surface area contributed by atoms with Gasteiger partial charge in [-0.2, -0.15) is 5.10 Å². The van der Waals surface area contributed by atoms with Crippen LogP contribution in [-0.4, -0.2) is 24.5 Å². The second kappa shape index (κ2) is 6.56. The lowest BCUT2D eigenvalue weighted by Gasteiger charge is -2.09. The van der Waals surface area contributed by atoms with Crippen LogP contribution in [0.15, 0.2) is 53.4 Å². The van der Waals surface area contributed by atoms with Gasteiger partial charge in [-0.05, 0) is 36.4 Å². The molecule has 0 saturated heterocycles. The van der Waals surface area contributed by atoms with Crippen molar-refractivity contribution in [2.45, 2.75) is 11.3 Å². The monoisotopic (exact) mass is 384 g/mol. The fourth-order valence-electron chi connectivity index (χ4n) is 2.48. The normalized spacial score (nSPS) is 11.9. The van der Waals surface area contributed by atoms with Gasteiger partial charge in [-0.15, -0.1) is 0 Å². The molecule has 0 aliphatic carbocycles. The van der Waals surface area contributed by atoms with E-state index in [4.69, 9.17) is 0 Å². The molecule has 0 N–H and O–H groups in total. The second-order valence-corrected chi connectivity index (χ2v) is 7.55. The van der Waals surface area contributed by atoms with E-state index in [9.17, 15) is 26.0 Å². The largest absolute Gasteiger partial charge is 0.282 e. The first-order valence-corrected chi connectivity index (χ1v) is 9.20. The number of nitrogens with zero attached hydrogens (tertiary/aromatic N) is 2. The fourth-order valence-corrected chi connectivity index (χ4v) is 3.21. The molecule has 0 bridgehead atoms. The summed E-state index contributed by atoms with van der Waals surface area (Å²) in [5, 5.41) is 3.76. The predicted molar refractivity (Wildman–Crippen MR) is 87.0 cm³/mol. The molecular formula is C17H12F4N2O2S. The third-order valence-corrected chi connectivity index (χ3v) is 4.76. The van der Waals surface area contributed by atoms with Crippen LogP contribution in [-0.2, 0) is 9.84 Å². The van der Waals surface area contributed by atoms with Crippen molar-refractivity contribution in [2.75, 3.05) is 6.26 Å². The van der Waals surface area contributed by atoms with Crippen LogP contribution in [0.5, 0.6) is 0 Å². The van der Waals surface area contributed by atoms with E-state index in [0.29, 0.717) is 0 Å². The number of alkyl halides is 2. The standard InChI is InChI=1S/C17H12F4N2O2S/c1-26(24,25)16-6-5-10(7-13(16)19)15-9-14(17(20)21)22-23(15)12-4-2-3-11(18)8-12/h2-9,17H,1H3. The van der Waals surface area contributed by atoms with E-state index in [0.717, 1.165) is 35.2 Å². The van der Waals surface area contributed by atoms with Gasteiger partial charge in [-0.25, -0.2) is 30.7 Å². The maximum absolute atomic E-state index is 14.2. The highest BCUT2D eigenvalue weighted by atomic mass is 32.2. The van der Waals surface area contributed by atoms with Crippen molar-refractivity contribution in [1.82, 2.24) is 9.78 Å². The van der Waals surface area contributed by atoms with Crippen LogP contribution in [0.25, 0.3) is 16.9 Å². The predicted octanol–water partition coefficient (Wildman–Crippen LogP) is 4.16. The van der Waals surface area contributed by atoms with Crippen molar-refractivity contribution in [3.05, 3.63) is 65.9 Å². The van der Waals surface area contributed by atoms with Crippen molar-refractivity contribution in [3.8, 4) is 16.9 Å². The Morgan fingerprint density at radius 2 is 1.77 bits per heavy atom. The van der Waals surface area contributed by atoms with E-state index in [-0.39, 0.29) is 16.9 Å². The lowest BCUT2D eigenvalue weighted by atomic mass is 10.1. The van der Waals surface area contributed by atoms with Crippen LogP contribution in [0.4, 0.5) is 17.6 Å². The van der Waals surface area contributed by atoms with E-state index in [2.05, 4.69) is 5.10 Å². The van der Waals surface area contributed by atoms with Crippen molar-refractivity contribution in [3.63, 3.8) is 0 Å². The molecule has 0 aliphatic heterocycles. The highest BCUT2D eigenvalue weighted by Gasteiger charge is 2.20. The average Bonchev–Trinajstić information content (AvgIpc) is 2.99. The van der Waals surface area contributed by atoms with E-state index in [1.54, 1.807) is 0 Å². The van der Waals surface area contributed by atoms with Crippen molar-refractivity contribution in [1.29, 1.82) is 0 Å². The summed E-state index contributed by atoms with van der Waals surface area (Å²) in [4.78, 5) is -0.507. The van der Waals surface area contributed by atoms with E-state index < -0.39 is 38.5 Å². The maximum atomic E-state index is 14.2. The third-order valence-electron chi connectivity index (χ3n) is 3.63. The summed E-state index contributed by atoms with van der Waals surface area (Å²) in [7, 11) is -3.78. The van der Waals surface area contributed by atoms with Gasteiger partial charge >= 0.3 is 0 Å². The minimum atomic E-state index is -3.78. The number of halogens is 4. The number of sulfone groups is 1. The molecule has 1 aromatic heterocycles. The van der Waals surface area contributed by atoms with Crippen LogP contribution >= 0.6 is 0 Å². The summed E-state index contributed by atoms with van der Waals surface area (Å²) in [6.45, 7) is 0. The van der Waals surface area contributed by atoms with Gasteiger partial charge in [-0.3, -0.25) is 0 Å². The van der Waals surface area contributed by atoms with E-state index in [1.165, 1.54) is 24.3 Å².